The lowest BCUT2D eigenvalue weighted by Gasteiger charge is -2.63. The Morgan fingerprint density at radius 2 is 2.03 bits per heavy atom. The molecule has 0 amide bonds. The molecule has 1 aromatic rings. The number of allylic oxidation sites excluding steroid dienone is 4. The maximum atomic E-state index is 17.4. The topological polar surface area (TPSA) is 93.6 Å². The van der Waals surface area contributed by atoms with Gasteiger partial charge in [-0.25, -0.2) is 18.0 Å². The van der Waals surface area contributed by atoms with Gasteiger partial charge < -0.3 is 9.84 Å². The van der Waals surface area contributed by atoms with Gasteiger partial charge in [0, 0.05) is 22.7 Å². The summed E-state index contributed by atoms with van der Waals surface area (Å²) in [6.45, 7) is 4.84. The summed E-state index contributed by atoms with van der Waals surface area (Å²) in [7, 11) is 0. The molecule has 0 radical (unpaired) electrons. The van der Waals surface area contributed by atoms with Crippen LogP contribution in [0.15, 0.2) is 35.5 Å². The van der Waals surface area contributed by atoms with Gasteiger partial charge in [0.15, 0.2) is 17.1 Å². The SMILES string of the molecule is C[C@@H]1C[C@H]2[C@@H]3C[C@H](F)C4=CC(=O)C=C[C@]4(C)[C@@]3(F)[C@@H](O)C[C@]2(C)[C@@]1(OC(=O)c1cncs1)C(=O)SCF. The van der Waals surface area contributed by atoms with Crippen molar-refractivity contribution in [3.8, 4) is 0 Å². The van der Waals surface area contributed by atoms with E-state index in [2.05, 4.69) is 4.98 Å². The Labute approximate surface area is 220 Å². The zero-order chi connectivity index (χ0) is 27.0. The first-order valence-corrected chi connectivity index (χ1v) is 14.0. The van der Waals surface area contributed by atoms with E-state index in [1.54, 1.807) is 13.8 Å². The van der Waals surface area contributed by atoms with Crippen molar-refractivity contribution in [3.05, 3.63) is 40.4 Å². The number of nitrogens with zero attached hydrogens (tertiary/aromatic N) is 1. The first-order valence-electron chi connectivity index (χ1n) is 12.2. The minimum atomic E-state index is -2.34. The molecule has 4 aliphatic carbocycles. The van der Waals surface area contributed by atoms with Gasteiger partial charge in [-0.2, -0.15) is 0 Å². The van der Waals surface area contributed by atoms with E-state index < -0.39 is 75.0 Å². The van der Waals surface area contributed by atoms with Crippen molar-refractivity contribution in [2.24, 2.45) is 28.6 Å². The van der Waals surface area contributed by atoms with Crippen LogP contribution in [0.3, 0.4) is 0 Å². The predicted molar refractivity (Wildman–Crippen MR) is 132 cm³/mol. The number of ether oxygens (including phenoxy) is 1. The molecular weight excluding hydrogens is 527 g/mol. The molecule has 200 valence electrons. The number of thiazole rings is 1. The number of aromatic nitrogens is 1. The summed E-state index contributed by atoms with van der Waals surface area (Å²) in [6, 6.07) is -1.05. The normalized spacial score (nSPS) is 44.5. The molecule has 1 aromatic heterocycles. The minimum Gasteiger partial charge on any atom is -0.445 e. The van der Waals surface area contributed by atoms with Crippen LogP contribution in [0.1, 0.15) is 49.7 Å². The van der Waals surface area contributed by atoms with Crippen molar-refractivity contribution in [2.45, 2.75) is 63.6 Å². The first kappa shape index (κ1) is 26.6. The summed E-state index contributed by atoms with van der Waals surface area (Å²) in [4.78, 5) is 42.8. The Morgan fingerprint density at radius 3 is 2.68 bits per heavy atom. The number of hydrogen-bond acceptors (Lipinski definition) is 8. The highest BCUT2D eigenvalue weighted by atomic mass is 32.2. The molecule has 4 aliphatic rings. The second-order valence-electron chi connectivity index (χ2n) is 11.0. The van der Waals surface area contributed by atoms with Gasteiger partial charge >= 0.3 is 5.97 Å². The molecule has 1 heterocycles. The number of ketones is 1. The van der Waals surface area contributed by atoms with E-state index in [0.29, 0.717) is 11.8 Å². The van der Waals surface area contributed by atoms with Crippen LogP contribution in [0.5, 0.6) is 0 Å². The number of carbonyl (C=O) groups excluding carboxylic acids is 3. The quantitative estimate of drug-likeness (QED) is 0.534. The first-order chi connectivity index (χ1) is 17.4. The fourth-order valence-electron chi connectivity index (χ4n) is 7.89. The van der Waals surface area contributed by atoms with Gasteiger partial charge in [0.2, 0.25) is 5.12 Å². The number of carbonyl (C=O) groups is 3. The van der Waals surface area contributed by atoms with Gasteiger partial charge in [-0.3, -0.25) is 14.6 Å². The number of fused-ring (bicyclic) bond motifs is 5. The summed E-state index contributed by atoms with van der Waals surface area (Å²) >= 11 is 1.39. The van der Waals surface area contributed by atoms with Gasteiger partial charge in [0.25, 0.3) is 0 Å². The molecule has 6 nitrogen and oxygen atoms in total. The molecule has 3 fully saturated rings. The third-order valence-corrected chi connectivity index (χ3v) is 11.0. The number of thioether (sulfide) groups is 1. The van der Waals surface area contributed by atoms with Crippen LogP contribution < -0.4 is 0 Å². The summed E-state index contributed by atoms with van der Waals surface area (Å²) < 4.78 is 52.5. The second-order valence-corrected chi connectivity index (χ2v) is 12.8. The molecule has 0 bridgehead atoms. The standard InChI is InChI=1S/C26H28F3NO5S2/c1-13-6-15-16-8-18(28)17-7-14(31)4-5-23(17,2)25(16,29)20(32)9-24(15,3)26(13,22(34)36-11-27)35-21(33)19-10-30-12-37-19/h4-5,7,10,12-13,15-16,18,20,32H,6,8-9,11H2,1-3H3/t13-,15+,16+,18+,20+,23+,24+,25+,26+/m1/s1. The maximum absolute atomic E-state index is 17.4. The van der Waals surface area contributed by atoms with Crippen LogP contribution >= 0.6 is 23.1 Å². The third kappa shape index (κ3) is 3.35. The zero-order valence-electron chi connectivity index (χ0n) is 20.6. The van der Waals surface area contributed by atoms with Crippen LogP contribution in [-0.2, 0) is 14.3 Å². The Kier molecular flexibility index (Phi) is 6.31. The molecule has 0 spiro atoms. The molecule has 5 rings (SSSR count). The Morgan fingerprint density at radius 1 is 1.30 bits per heavy atom. The molecule has 37 heavy (non-hydrogen) atoms. The van der Waals surface area contributed by atoms with Gasteiger partial charge in [-0.15, -0.1) is 11.3 Å². The summed E-state index contributed by atoms with van der Waals surface area (Å²) in [5.41, 5.74) is -5.66. The van der Waals surface area contributed by atoms with Gasteiger partial charge in [0.1, 0.15) is 17.1 Å². The summed E-state index contributed by atoms with van der Waals surface area (Å²) in [5.74, 6) is -3.63. The summed E-state index contributed by atoms with van der Waals surface area (Å²) in [6.07, 6.45) is 1.28. The Bertz CT molecular complexity index is 1210. The van der Waals surface area contributed by atoms with Gasteiger partial charge in [-0.1, -0.05) is 19.9 Å². The number of hydrogen-bond donors (Lipinski definition) is 1. The van der Waals surface area contributed by atoms with Crippen LogP contribution in [0.4, 0.5) is 13.2 Å². The maximum Gasteiger partial charge on any atom is 0.351 e. The lowest BCUT2D eigenvalue weighted by molar-refractivity contribution is -0.221. The monoisotopic (exact) mass is 555 g/mol. The molecule has 11 heteroatoms. The molecular formula is C26H28F3NO5S2. The van der Waals surface area contributed by atoms with Crippen LogP contribution in [-0.4, -0.2) is 56.5 Å². The van der Waals surface area contributed by atoms with E-state index in [9.17, 15) is 23.9 Å². The highest BCUT2D eigenvalue weighted by Gasteiger charge is 2.78. The van der Waals surface area contributed by atoms with Crippen LogP contribution in [0.2, 0.25) is 0 Å². The van der Waals surface area contributed by atoms with Crippen molar-refractivity contribution in [2.75, 3.05) is 6.01 Å². The van der Waals surface area contributed by atoms with E-state index >= 15 is 8.78 Å². The molecule has 0 aliphatic heterocycles. The Hall–Kier alpha value is -1.98. The smallest absolute Gasteiger partial charge is 0.351 e. The van der Waals surface area contributed by atoms with Crippen molar-refractivity contribution in [1.29, 1.82) is 0 Å². The van der Waals surface area contributed by atoms with Crippen LogP contribution in [0, 0.1) is 28.6 Å². The highest BCUT2D eigenvalue weighted by Crippen LogP contribution is 2.72. The molecule has 0 aromatic carbocycles. The van der Waals surface area contributed by atoms with Crippen molar-refractivity contribution in [1.82, 2.24) is 4.98 Å². The number of esters is 1. The predicted octanol–water partition coefficient (Wildman–Crippen LogP) is 4.79. The molecule has 0 unspecified atom stereocenters. The molecule has 1 N–H and O–H groups in total. The van der Waals surface area contributed by atoms with Crippen LogP contribution in [0.25, 0.3) is 0 Å². The number of aliphatic hydroxyl groups is 1. The highest BCUT2D eigenvalue weighted by molar-refractivity contribution is 8.13. The zero-order valence-corrected chi connectivity index (χ0v) is 22.2. The van der Waals surface area contributed by atoms with Crippen molar-refractivity contribution in [3.63, 3.8) is 0 Å². The van der Waals surface area contributed by atoms with Gasteiger partial charge in [-0.05, 0) is 61.6 Å². The van der Waals surface area contributed by atoms with E-state index in [0.717, 1.165) is 17.4 Å². The third-order valence-electron chi connectivity index (χ3n) is 9.54. The molecule has 9 atom stereocenters. The number of alkyl halides is 3. The van der Waals surface area contributed by atoms with E-state index in [1.165, 1.54) is 30.8 Å². The van der Waals surface area contributed by atoms with Crippen molar-refractivity contribution < 1.29 is 37.4 Å². The van der Waals surface area contributed by atoms with Crippen molar-refractivity contribution >= 4 is 40.0 Å². The van der Waals surface area contributed by atoms with E-state index in [4.69, 9.17) is 4.74 Å². The number of rotatable bonds is 4. The average molecular weight is 556 g/mol. The van der Waals surface area contributed by atoms with Gasteiger partial charge in [0.05, 0.1) is 17.8 Å². The molecule has 0 saturated heterocycles. The average Bonchev–Trinajstić information content (AvgIpc) is 3.45. The molecule has 3 saturated carbocycles. The number of halogens is 3. The van der Waals surface area contributed by atoms with E-state index in [-0.39, 0.29) is 29.7 Å². The lowest BCUT2D eigenvalue weighted by Crippen LogP contribution is -2.70. The fraction of sp³-hybridized carbons (Fsp3) is 0.615. The number of aliphatic hydroxyl groups excluding tert-OH is 1. The Balaban J connectivity index is 1.64. The fourth-order valence-corrected chi connectivity index (χ4v) is 9.17. The lowest BCUT2D eigenvalue weighted by atomic mass is 9.44. The second kappa shape index (κ2) is 8.77. The minimum absolute atomic E-state index is 0.000559. The van der Waals surface area contributed by atoms with E-state index in [1.807, 2.05) is 0 Å². The summed E-state index contributed by atoms with van der Waals surface area (Å²) in [5, 5.41) is 10.8. The largest absolute Gasteiger partial charge is 0.445 e.